The molecule has 2 rings (SSSR count). The molecule has 1 aromatic carbocycles. The highest BCUT2D eigenvalue weighted by Crippen LogP contribution is 2.09. The first-order valence-electron chi connectivity index (χ1n) is 4.92. The Hall–Kier alpha value is -2.56. The summed E-state index contributed by atoms with van der Waals surface area (Å²) in [6, 6.07) is 6.55. The zero-order valence-corrected chi connectivity index (χ0v) is 8.83. The van der Waals surface area contributed by atoms with Crippen LogP contribution in [-0.4, -0.2) is 22.2 Å². The number of amides is 1. The fraction of sp³-hybridized carbons (Fsp3) is 0. The summed E-state index contributed by atoms with van der Waals surface area (Å²) in [6.07, 6.45) is 5.07. The van der Waals surface area contributed by atoms with Crippen LogP contribution in [0.2, 0.25) is 0 Å². The molecule has 0 saturated heterocycles. The zero-order valence-electron chi connectivity index (χ0n) is 8.83. The highest BCUT2D eigenvalue weighted by atomic mass is 16.1. The number of aromatic nitrogens is 2. The van der Waals surface area contributed by atoms with Gasteiger partial charge in [-0.25, -0.2) is 4.98 Å². The van der Waals surface area contributed by atoms with Crippen molar-refractivity contribution >= 4 is 17.9 Å². The molecule has 0 bridgehead atoms. The van der Waals surface area contributed by atoms with Gasteiger partial charge < -0.3 is 5.32 Å². The van der Waals surface area contributed by atoms with Crippen LogP contribution < -0.4 is 5.32 Å². The van der Waals surface area contributed by atoms with E-state index in [2.05, 4.69) is 15.3 Å². The van der Waals surface area contributed by atoms with Gasteiger partial charge in [0, 0.05) is 23.6 Å². The van der Waals surface area contributed by atoms with Crippen molar-refractivity contribution in [2.24, 2.45) is 0 Å². The number of rotatable bonds is 3. The summed E-state index contributed by atoms with van der Waals surface area (Å²) >= 11 is 0. The van der Waals surface area contributed by atoms with E-state index in [0.717, 1.165) is 6.29 Å². The quantitative estimate of drug-likeness (QED) is 0.807. The maximum atomic E-state index is 11.7. The molecule has 0 radical (unpaired) electrons. The third-order valence-electron chi connectivity index (χ3n) is 2.10. The van der Waals surface area contributed by atoms with Gasteiger partial charge in [0.15, 0.2) is 0 Å². The lowest BCUT2D eigenvalue weighted by atomic mass is 10.2. The summed E-state index contributed by atoms with van der Waals surface area (Å²) in [7, 11) is 0. The van der Waals surface area contributed by atoms with Crippen LogP contribution >= 0.6 is 0 Å². The molecule has 1 amide bonds. The van der Waals surface area contributed by atoms with E-state index in [1.807, 2.05) is 0 Å². The molecule has 0 aliphatic rings. The maximum absolute atomic E-state index is 11.7. The van der Waals surface area contributed by atoms with Crippen molar-refractivity contribution in [3.05, 3.63) is 54.1 Å². The lowest BCUT2D eigenvalue weighted by Crippen LogP contribution is -2.13. The molecule has 5 heteroatoms. The van der Waals surface area contributed by atoms with E-state index in [1.165, 1.54) is 18.6 Å². The number of carbonyl (C=O) groups is 2. The highest BCUT2D eigenvalue weighted by Gasteiger charge is 2.06. The van der Waals surface area contributed by atoms with Gasteiger partial charge in [-0.2, -0.15) is 0 Å². The van der Waals surface area contributed by atoms with Crippen molar-refractivity contribution in [3.63, 3.8) is 0 Å². The van der Waals surface area contributed by atoms with Crippen molar-refractivity contribution in [2.45, 2.75) is 0 Å². The van der Waals surface area contributed by atoms with E-state index < -0.39 is 0 Å². The van der Waals surface area contributed by atoms with Gasteiger partial charge in [-0.05, 0) is 24.3 Å². The topological polar surface area (TPSA) is 72.0 Å². The normalized spacial score (nSPS) is 9.65. The van der Waals surface area contributed by atoms with Gasteiger partial charge in [0.2, 0.25) is 0 Å². The second-order valence-corrected chi connectivity index (χ2v) is 3.28. The monoisotopic (exact) mass is 227 g/mol. The van der Waals surface area contributed by atoms with Crippen molar-refractivity contribution < 1.29 is 9.59 Å². The summed E-state index contributed by atoms with van der Waals surface area (Å²) in [5, 5.41) is 2.65. The molecule has 1 N–H and O–H groups in total. The summed E-state index contributed by atoms with van der Waals surface area (Å²) in [5.74, 6) is -0.336. The molecule has 0 fully saturated rings. The predicted octanol–water partition coefficient (Wildman–Crippen LogP) is 1.54. The summed E-state index contributed by atoms with van der Waals surface area (Å²) in [6.45, 7) is 0. The van der Waals surface area contributed by atoms with Gasteiger partial charge in [-0.15, -0.1) is 0 Å². The fourth-order valence-electron chi connectivity index (χ4n) is 1.26. The van der Waals surface area contributed by atoms with E-state index in [1.54, 1.807) is 24.3 Å². The Morgan fingerprint density at radius 1 is 1.18 bits per heavy atom. The average Bonchev–Trinajstić information content (AvgIpc) is 2.40. The summed E-state index contributed by atoms with van der Waals surface area (Å²) < 4.78 is 0. The van der Waals surface area contributed by atoms with Crippen LogP contribution in [0.4, 0.5) is 5.69 Å². The summed E-state index contributed by atoms with van der Waals surface area (Å²) in [5.41, 5.74) is 1.40. The molecule has 84 valence electrons. The number of hydrogen-bond donors (Lipinski definition) is 1. The number of nitrogens with one attached hydrogen (secondary N) is 1. The largest absolute Gasteiger partial charge is 0.321 e. The molecule has 0 aliphatic carbocycles. The van der Waals surface area contributed by atoms with Crippen LogP contribution in [0.25, 0.3) is 0 Å². The van der Waals surface area contributed by atoms with E-state index in [-0.39, 0.29) is 11.6 Å². The number of nitrogens with zero attached hydrogens (tertiary/aromatic N) is 2. The number of aldehydes is 1. The third kappa shape index (κ3) is 2.72. The molecule has 1 aromatic heterocycles. The van der Waals surface area contributed by atoms with E-state index >= 15 is 0 Å². The molecule has 0 atom stereocenters. The van der Waals surface area contributed by atoms with Crippen LogP contribution in [0.3, 0.4) is 0 Å². The Kier molecular flexibility index (Phi) is 3.20. The van der Waals surface area contributed by atoms with Crippen LogP contribution in [-0.2, 0) is 0 Å². The Morgan fingerprint density at radius 2 is 1.94 bits per heavy atom. The minimum absolute atomic E-state index is 0.243. The second kappa shape index (κ2) is 4.98. The molecular weight excluding hydrogens is 218 g/mol. The predicted molar refractivity (Wildman–Crippen MR) is 61.8 cm³/mol. The van der Waals surface area contributed by atoms with Gasteiger partial charge in [-0.3, -0.25) is 14.6 Å². The van der Waals surface area contributed by atoms with Gasteiger partial charge >= 0.3 is 0 Å². The molecule has 5 nitrogen and oxygen atoms in total. The molecular formula is C12H9N3O2. The lowest BCUT2D eigenvalue weighted by molar-refractivity contribution is 0.102. The first-order chi connectivity index (χ1) is 8.29. The Morgan fingerprint density at radius 3 is 2.53 bits per heavy atom. The Balaban J connectivity index is 2.10. The highest BCUT2D eigenvalue weighted by molar-refractivity contribution is 6.02. The van der Waals surface area contributed by atoms with Gasteiger partial charge in [0.25, 0.3) is 5.91 Å². The molecule has 0 saturated carbocycles. The van der Waals surface area contributed by atoms with Gasteiger partial charge in [0.05, 0.1) is 6.20 Å². The molecule has 0 aliphatic heterocycles. The van der Waals surface area contributed by atoms with E-state index in [4.69, 9.17) is 0 Å². The zero-order chi connectivity index (χ0) is 12.1. The van der Waals surface area contributed by atoms with Crippen LogP contribution in [0, 0.1) is 0 Å². The van der Waals surface area contributed by atoms with E-state index in [9.17, 15) is 9.59 Å². The van der Waals surface area contributed by atoms with Gasteiger partial charge in [-0.1, -0.05) is 0 Å². The van der Waals surface area contributed by atoms with Crippen LogP contribution in [0.5, 0.6) is 0 Å². The van der Waals surface area contributed by atoms with Crippen molar-refractivity contribution in [1.29, 1.82) is 0 Å². The van der Waals surface area contributed by atoms with E-state index in [0.29, 0.717) is 11.3 Å². The van der Waals surface area contributed by atoms with Gasteiger partial charge in [0.1, 0.15) is 12.0 Å². The third-order valence-corrected chi connectivity index (χ3v) is 2.10. The van der Waals surface area contributed by atoms with Crippen molar-refractivity contribution in [1.82, 2.24) is 9.97 Å². The minimum atomic E-state index is -0.336. The average molecular weight is 227 g/mol. The first kappa shape index (κ1) is 10.9. The minimum Gasteiger partial charge on any atom is -0.321 e. The molecule has 1 heterocycles. The molecule has 17 heavy (non-hydrogen) atoms. The van der Waals surface area contributed by atoms with Crippen LogP contribution in [0.15, 0.2) is 42.9 Å². The van der Waals surface area contributed by atoms with Crippen molar-refractivity contribution in [3.8, 4) is 0 Å². The van der Waals surface area contributed by atoms with Crippen molar-refractivity contribution in [2.75, 3.05) is 5.32 Å². The SMILES string of the molecule is O=Cc1ccc(NC(=O)c2cnccn2)cc1. The molecule has 0 spiro atoms. The Bertz CT molecular complexity index is 523. The fourth-order valence-corrected chi connectivity index (χ4v) is 1.26. The lowest BCUT2D eigenvalue weighted by Gasteiger charge is -2.03. The van der Waals surface area contributed by atoms with Crippen LogP contribution in [0.1, 0.15) is 20.8 Å². The standard InChI is InChI=1S/C12H9N3O2/c16-8-9-1-3-10(4-2-9)15-12(17)11-7-13-5-6-14-11/h1-8H,(H,15,17). The number of benzene rings is 1. The molecule has 0 unspecified atom stereocenters. The Labute approximate surface area is 97.5 Å². The summed E-state index contributed by atoms with van der Waals surface area (Å²) in [4.78, 5) is 29.8. The number of hydrogen-bond acceptors (Lipinski definition) is 4. The molecule has 2 aromatic rings. The number of anilines is 1. The second-order valence-electron chi connectivity index (χ2n) is 3.28. The first-order valence-corrected chi connectivity index (χ1v) is 4.92. The number of carbonyl (C=O) groups excluding carboxylic acids is 2. The smallest absolute Gasteiger partial charge is 0.275 e. The maximum Gasteiger partial charge on any atom is 0.275 e.